The number of hydrogen-bond acceptors (Lipinski definition) is 5. The van der Waals surface area contributed by atoms with Crippen molar-refractivity contribution in [2.24, 2.45) is 0 Å². The lowest BCUT2D eigenvalue weighted by atomic mass is 10.1. The molecule has 2 rings (SSSR count). The molecular weight excluding hydrogens is 310 g/mol. The minimum Gasteiger partial charge on any atom is -0.332 e. The van der Waals surface area contributed by atoms with Crippen LogP contribution >= 0.6 is 12.2 Å². The van der Waals surface area contributed by atoms with Crippen LogP contribution in [0.15, 0.2) is 36.7 Å². The van der Waals surface area contributed by atoms with Gasteiger partial charge in [-0.05, 0) is 42.8 Å². The second-order valence-electron chi connectivity index (χ2n) is 5.03. The van der Waals surface area contributed by atoms with Crippen molar-refractivity contribution in [3.8, 4) is 0 Å². The summed E-state index contributed by atoms with van der Waals surface area (Å²) in [6, 6.07) is 8.01. The predicted octanol–water partition coefficient (Wildman–Crippen LogP) is 2.73. The molecule has 0 aliphatic heterocycles. The van der Waals surface area contributed by atoms with Gasteiger partial charge >= 0.3 is 0 Å². The Balaban J connectivity index is 1.84. The number of rotatable bonds is 6. The zero-order valence-electron chi connectivity index (χ0n) is 13.0. The largest absolute Gasteiger partial charge is 0.332 e. The molecule has 0 fully saturated rings. The molecule has 0 saturated carbocycles. The molecule has 2 aromatic rings. The summed E-state index contributed by atoms with van der Waals surface area (Å²) in [5.41, 5.74) is 2.12. The molecule has 1 aromatic heterocycles. The molecule has 1 aromatic carbocycles. The van der Waals surface area contributed by atoms with Crippen molar-refractivity contribution < 1.29 is 4.79 Å². The van der Waals surface area contributed by atoms with Crippen LogP contribution in [0.25, 0.3) is 0 Å². The van der Waals surface area contributed by atoms with Crippen molar-refractivity contribution >= 4 is 28.9 Å². The summed E-state index contributed by atoms with van der Waals surface area (Å²) in [7, 11) is 0. The molecule has 0 spiro atoms. The van der Waals surface area contributed by atoms with E-state index in [9.17, 15) is 4.79 Å². The first kappa shape index (κ1) is 17.0. The zero-order valence-corrected chi connectivity index (χ0v) is 13.8. The number of nitrogens with zero attached hydrogens (tertiary/aromatic N) is 3. The van der Waals surface area contributed by atoms with Crippen LogP contribution in [0.3, 0.4) is 0 Å². The number of nitrogens with one attached hydrogen (secondary N) is 2. The Hall–Kier alpha value is -2.41. The number of unbranched alkanes of at least 4 members (excludes halogenated alkanes) is 2. The van der Waals surface area contributed by atoms with Crippen molar-refractivity contribution in [1.82, 2.24) is 20.5 Å². The van der Waals surface area contributed by atoms with Gasteiger partial charge in [0.05, 0.1) is 6.20 Å². The summed E-state index contributed by atoms with van der Waals surface area (Å²) >= 11 is 5.11. The maximum atomic E-state index is 11.8. The molecule has 0 atom stereocenters. The molecule has 0 bridgehead atoms. The number of benzene rings is 1. The summed E-state index contributed by atoms with van der Waals surface area (Å²) in [5, 5.41) is 12.9. The fraction of sp³-hybridized carbons (Fsp3) is 0.312. The highest BCUT2D eigenvalue weighted by atomic mass is 32.1. The molecule has 0 unspecified atom stereocenters. The first-order valence-electron chi connectivity index (χ1n) is 7.54. The Morgan fingerprint density at radius 3 is 2.61 bits per heavy atom. The summed E-state index contributed by atoms with van der Waals surface area (Å²) in [6.45, 7) is 2.19. The van der Waals surface area contributed by atoms with Gasteiger partial charge in [0.2, 0.25) is 5.82 Å². The van der Waals surface area contributed by atoms with Crippen molar-refractivity contribution in [1.29, 1.82) is 0 Å². The van der Waals surface area contributed by atoms with E-state index >= 15 is 0 Å². The maximum Gasteiger partial charge on any atom is 0.297 e. The van der Waals surface area contributed by atoms with Gasteiger partial charge in [-0.2, -0.15) is 5.10 Å². The molecule has 1 heterocycles. The van der Waals surface area contributed by atoms with Crippen LogP contribution < -0.4 is 10.6 Å². The lowest BCUT2D eigenvalue weighted by molar-refractivity contribution is 0.0966. The average molecular weight is 329 g/mol. The number of carbonyl (C=O) groups excluding carboxylic acids is 1. The first-order chi connectivity index (χ1) is 11.2. The number of aryl methyl sites for hydroxylation is 1. The normalized spacial score (nSPS) is 10.1. The quantitative estimate of drug-likeness (QED) is 0.626. The van der Waals surface area contributed by atoms with Gasteiger partial charge in [-0.3, -0.25) is 10.1 Å². The number of hydrogen-bond donors (Lipinski definition) is 2. The molecule has 7 heteroatoms. The maximum absolute atomic E-state index is 11.8. The zero-order chi connectivity index (χ0) is 16.5. The van der Waals surface area contributed by atoms with E-state index in [1.54, 1.807) is 0 Å². The molecule has 0 aliphatic carbocycles. The third-order valence-corrected chi connectivity index (χ3v) is 3.40. The van der Waals surface area contributed by atoms with Gasteiger partial charge in [-0.1, -0.05) is 31.9 Å². The smallest absolute Gasteiger partial charge is 0.297 e. The third kappa shape index (κ3) is 5.71. The lowest BCUT2D eigenvalue weighted by Gasteiger charge is -2.09. The fourth-order valence-corrected chi connectivity index (χ4v) is 2.22. The van der Waals surface area contributed by atoms with Crippen molar-refractivity contribution in [2.75, 3.05) is 5.32 Å². The molecule has 0 saturated heterocycles. The highest BCUT2D eigenvalue weighted by Gasteiger charge is 2.10. The van der Waals surface area contributed by atoms with Gasteiger partial charge in [0.1, 0.15) is 0 Å². The monoisotopic (exact) mass is 329 g/mol. The van der Waals surface area contributed by atoms with E-state index in [0.717, 1.165) is 12.1 Å². The molecule has 23 heavy (non-hydrogen) atoms. The van der Waals surface area contributed by atoms with E-state index in [0.29, 0.717) is 0 Å². The Morgan fingerprint density at radius 1 is 1.17 bits per heavy atom. The Morgan fingerprint density at radius 2 is 1.96 bits per heavy atom. The summed E-state index contributed by atoms with van der Waals surface area (Å²) in [4.78, 5) is 15.7. The predicted molar refractivity (Wildman–Crippen MR) is 93.2 cm³/mol. The third-order valence-electron chi connectivity index (χ3n) is 3.19. The van der Waals surface area contributed by atoms with Crippen LogP contribution in [0.1, 0.15) is 42.4 Å². The Bertz CT molecular complexity index is 645. The number of thiocarbonyl (C=S) groups is 1. The number of aromatic nitrogens is 3. The molecule has 6 nitrogen and oxygen atoms in total. The second kappa shape index (κ2) is 8.89. The van der Waals surface area contributed by atoms with Gasteiger partial charge in [0.25, 0.3) is 5.91 Å². The van der Waals surface area contributed by atoms with E-state index in [2.05, 4.69) is 44.9 Å². The van der Waals surface area contributed by atoms with E-state index < -0.39 is 5.91 Å². The number of amides is 1. The van der Waals surface area contributed by atoms with Crippen LogP contribution in [0.5, 0.6) is 0 Å². The van der Waals surface area contributed by atoms with Crippen molar-refractivity contribution in [3.63, 3.8) is 0 Å². The Kier molecular flexibility index (Phi) is 6.56. The average Bonchev–Trinajstić information content (AvgIpc) is 2.57. The van der Waals surface area contributed by atoms with Crippen LogP contribution in [0.2, 0.25) is 0 Å². The van der Waals surface area contributed by atoms with Crippen LogP contribution in [-0.4, -0.2) is 26.2 Å². The van der Waals surface area contributed by atoms with Gasteiger partial charge in [0.15, 0.2) is 5.11 Å². The van der Waals surface area contributed by atoms with Crippen LogP contribution in [0, 0.1) is 0 Å². The van der Waals surface area contributed by atoms with Gasteiger partial charge in [-0.25, -0.2) is 4.98 Å². The number of carbonyl (C=O) groups is 1. The van der Waals surface area contributed by atoms with Crippen molar-refractivity contribution in [3.05, 3.63) is 48.0 Å². The minimum atomic E-state index is -0.494. The molecular formula is C16H19N5OS. The van der Waals surface area contributed by atoms with E-state index in [4.69, 9.17) is 12.2 Å². The highest BCUT2D eigenvalue weighted by Crippen LogP contribution is 2.12. The Labute approximate surface area is 140 Å². The molecule has 0 aliphatic rings. The number of anilines is 1. The van der Waals surface area contributed by atoms with Gasteiger partial charge < -0.3 is 5.32 Å². The second-order valence-corrected chi connectivity index (χ2v) is 5.44. The van der Waals surface area contributed by atoms with E-state index in [1.807, 2.05) is 12.1 Å². The van der Waals surface area contributed by atoms with Crippen LogP contribution in [0.4, 0.5) is 5.69 Å². The van der Waals surface area contributed by atoms with Crippen molar-refractivity contribution in [2.45, 2.75) is 32.6 Å². The molecule has 120 valence electrons. The molecule has 2 N–H and O–H groups in total. The first-order valence-corrected chi connectivity index (χ1v) is 7.95. The standard InChI is InChI=1S/C16H19N5OS/c1-2-3-4-5-12-6-8-13(9-7-12)19-16(23)20-15(22)14-17-10-11-18-21-14/h6-11H,2-5H2,1H3,(H2,19,20,22,23). The summed E-state index contributed by atoms with van der Waals surface area (Å²) < 4.78 is 0. The van der Waals surface area contributed by atoms with E-state index in [1.165, 1.54) is 37.2 Å². The SMILES string of the molecule is CCCCCc1ccc(NC(=S)NC(=O)c2nccnn2)cc1. The molecule has 1 amide bonds. The minimum absolute atomic E-state index is 0.0251. The topological polar surface area (TPSA) is 79.8 Å². The molecule has 0 radical (unpaired) electrons. The van der Waals surface area contributed by atoms with Gasteiger partial charge in [-0.15, -0.1) is 5.10 Å². The van der Waals surface area contributed by atoms with Crippen LogP contribution in [-0.2, 0) is 6.42 Å². The van der Waals surface area contributed by atoms with E-state index in [-0.39, 0.29) is 10.9 Å². The summed E-state index contributed by atoms with van der Waals surface area (Å²) in [6.07, 6.45) is 7.53. The summed E-state index contributed by atoms with van der Waals surface area (Å²) in [5.74, 6) is -0.519. The lowest BCUT2D eigenvalue weighted by Crippen LogP contribution is -2.35. The van der Waals surface area contributed by atoms with Gasteiger partial charge in [0, 0.05) is 11.9 Å². The highest BCUT2D eigenvalue weighted by molar-refractivity contribution is 7.80. The fourth-order valence-electron chi connectivity index (χ4n) is 2.01.